The van der Waals surface area contributed by atoms with Gasteiger partial charge in [0, 0.05) is 35.4 Å². The van der Waals surface area contributed by atoms with E-state index < -0.39 is 0 Å². The van der Waals surface area contributed by atoms with Crippen molar-refractivity contribution in [1.29, 1.82) is 0 Å². The van der Waals surface area contributed by atoms with Gasteiger partial charge in [-0.05, 0) is 62.2 Å². The number of fused-ring (bicyclic) bond motifs is 2. The van der Waals surface area contributed by atoms with Crippen molar-refractivity contribution in [3.8, 4) is 0 Å². The highest BCUT2D eigenvalue weighted by molar-refractivity contribution is 7.80. The maximum atomic E-state index is 5.91. The molecule has 1 aromatic rings. The number of halogens is 1. The predicted molar refractivity (Wildman–Crippen MR) is 102 cm³/mol. The van der Waals surface area contributed by atoms with Crippen molar-refractivity contribution in [3.05, 3.63) is 41.9 Å². The Morgan fingerprint density at radius 3 is 2.52 bits per heavy atom. The normalized spacial score (nSPS) is 27.3. The van der Waals surface area contributed by atoms with Crippen molar-refractivity contribution in [2.75, 3.05) is 11.9 Å². The van der Waals surface area contributed by atoms with Gasteiger partial charge in [0.15, 0.2) is 5.11 Å². The number of rotatable bonds is 4. The van der Waals surface area contributed by atoms with Crippen LogP contribution < -0.4 is 10.6 Å². The zero-order valence-electron chi connectivity index (χ0n) is 13.3. The summed E-state index contributed by atoms with van der Waals surface area (Å²) < 4.78 is 0. The van der Waals surface area contributed by atoms with Crippen molar-refractivity contribution in [1.82, 2.24) is 10.2 Å². The number of thiocarbonyl (C=S) groups is 1. The smallest absolute Gasteiger partial charge is 0.170 e. The average molecular weight is 350 g/mol. The molecule has 2 aliphatic heterocycles. The SMILES string of the molecule is C=CCN1[C@@H]2CCC[C@H]1CC(NC(=S)Nc1ccc(Cl)cc1)C2. The van der Waals surface area contributed by atoms with Crippen LogP contribution in [-0.4, -0.2) is 34.7 Å². The monoisotopic (exact) mass is 349 g/mol. The summed E-state index contributed by atoms with van der Waals surface area (Å²) in [6.45, 7) is 4.91. The minimum atomic E-state index is 0.457. The Balaban J connectivity index is 1.55. The van der Waals surface area contributed by atoms with E-state index >= 15 is 0 Å². The summed E-state index contributed by atoms with van der Waals surface area (Å²) in [6, 6.07) is 9.40. The molecular formula is C18H24ClN3S. The quantitative estimate of drug-likeness (QED) is 0.629. The van der Waals surface area contributed by atoms with Crippen molar-refractivity contribution in [2.45, 2.75) is 50.2 Å². The van der Waals surface area contributed by atoms with Gasteiger partial charge in [0.25, 0.3) is 0 Å². The minimum absolute atomic E-state index is 0.457. The van der Waals surface area contributed by atoms with Crippen LogP contribution in [0.25, 0.3) is 0 Å². The fraction of sp³-hybridized carbons (Fsp3) is 0.500. The molecule has 0 spiro atoms. The van der Waals surface area contributed by atoms with Crippen LogP contribution in [0.1, 0.15) is 32.1 Å². The lowest BCUT2D eigenvalue weighted by Crippen LogP contribution is -2.57. The van der Waals surface area contributed by atoms with E-state index in [-0.39, 0.29) is 0 Å². The highest BCUT2D eigenvalue weighted by Crippen LogP contribution is 2.33. The zero-order chi connectivity index (χ0) is 16.2. The van der Waals surface area contributed by atoms with E-state index in [9.17, 15) is 0 Å². The van der Waals surface area contributed by atoms with E-state index in [1.807, 2.05) is 30.3 Å². The Labute approximate surface area is 149 Å². The summed E-state index contributed by atoms with van der Waals surface area (Å²) in [4.78, 5) is 2.63. The topological polar surface area (TPSA) is 27.3 Å². The van der Waals surface area contributed by atoms with Gasteiger partial charge in [0.1, 0.15) is 0 Å². The van der Waals surface area contributed by atoms with Gasteiger partial charge >= 0.3 is 0 Å². The molecule has 3 nitrogen and oxygen atoms in total. The molecule has 2 fully saturated rings. The summed E-state index contributed by atoms with van der Waals surface area (Å²) >= 11 is 11.4. The summed E-state index contributed by atoms with van der Waals surface area (Å²) in [5.74, 6) is 0. The molecule has 0 radical (unpaired) electrons. The fourth-order valence-electron chi connectivity index (χ4n) is 3.93. The van der Waals surface area contributed by atoms with Gasteiger partial charge in [-0.15, -0.1) is 6.58 Å². The van der Waals surface area contributed by atoms with Crippen LogP contribution in [0.2, 0.25) is 5.02 Å². The number of hydrogen-bond acceptors (Lipinski definition) is 2. The molecule has 5 heteroatoms. The minimum Gasteiger partial charge on any atom is -0.360 e. The lowest BCUT2D eigenvalue weighted by atomic mass is 9.82. The highest BCUT2D eigenvalue weighted by atomic mass is 35.5. The molecular weight excluding hydrogens is 326 g/mol. The van der Waals surface area contributed by atoms with Crippen LogP contribution in [0.5, 0.6) is 0 Å². The molecule has 124 valence electrons. The summed E-state index contributed by atoms with van der Waals surface area (Å²) in [5, 5.41) is 8.19. The molecule has 2 N–H and O–H groups in total. The third-order valence-electron chi connectivity index (χ3n) is 4.90. The first-order valence-corrected chi connectivity index (χ1v) is 9.14. The second kappa shape index (κ2) is 7.65. The molecule has 2 saturated heterocycles. The number of benzene rings is 1. The summed E-state index contributed by atoms with van der Waals surface area (Å²) in [7, 11) is 0. The van der Waals surface area contributed by atoms with Crippen LogP contribution in [0.15, 0.2) is 36.9 Å². The van der Waals surface area contributed by atoms with Crippen LogP contribution in [-0.2, 0) is 0 Å². The molecule has 3 atom stereocenters. The Hall–Kier alpha value is -1.10. The van der Waals surface area contributed by atoms with Gasteiger partial charge in [-0.3, -0.25) is 4.90 Å². The Morgan fingerprint density at radius 1 is 1.26 bits per heavy atom. The number of hydrogen-bond donors (Lipinski definition) is 2. The van der Waals surface area contributed by atoms with E-state index in [2.05, 4.69) is 22.1 Å². The lowest BCUT2D eigenvalue weighted by Gasteiger charge is -2.48. The van der Waals surface area contributed by atoms with E-state index in [0.29, 0.717) is 23.2 Å². The van der Waals surface area contributed by atoms with Crippen LogP contribution in [0, 0.1) is 0 Å². The Bertz CT molecular complexity index is 546. The van der Waals surface area contributed by atoms with Crippen molar-refractivity contribution in [2.24, 2.45) is 0 Å². The largest absolute Gasteiger partial charge is 0.360 e. The molecule has 1 aromatic carbocycles. The van der Waals surface area contributed by atoms with Crippen molar-refractivity contribution < 1.29 is 0 Å². The van der Waals surface area contributed by atoms with Crippen LogP contribution >= 0.6 is 23.8 Å². The van der Waals surface area contributed by atoms with Gasteiger partial charge in [-0.1, -0.05) is 24.1 Å². The van der Waals surface area contributed by atoms with Gasteiger partial charge in [-0.25, -0.2) is 0 Å². The molecule has 2 heterocycles. The Kier molecular flexibility index (Phi) is 5.57. The third kappa shape index (κ3) is 4.25. The molecule has 23 heavy (non-hydrogen) atoms. The van der Waals surface area contributed by atoms with Crippen LogP contribution in [0.4, 0.5) is 5.69 Å². The first-order valence-electron chi connectivity index (χ1n) is 8.35. The van der Waals surface area contributed by atoms with Gasteiger partial charge in [0.05, 0.1) is 0 Å². The summed E-state index contributed by atoms with van der Waals surface area (Å²) in [6.07, 6.45) is 8.29. The van der Waals surface area contributed by atoms with E-state index in [1.54, 1.807) is 0 Å². The van der Waals surface area contributed by atoms with Gasteiger partial charge in [-0.2, -0.15) is 0 Å². The lowest BCUT2D eigenvalue weighted by molar-refractivity contribution is 0.0389. The first-order chi connectivity index (χ1) is 11.2. The number of nitrogens with one attached hydrogen (secondary N) is 2. The van der Waals surface area contributed by atoms with Crippen LogP contribution in [0.3, 0.4) is 0 Å². The zero-order valence-corrected chi connectivity index (χ0v) is 14.9. The number of nitrogens with zero attached hydrogens (tertiary/aromatic N) is 1. The molecule has 0 saturated carbocycles. The third-order valence-corrected chi connectivity index (χ3v) is 5.38. The molecule has 2 aliphatic rings. The molecule has 1 unspecified atom stereocenters. The molecule has 0 aliphatic carbocycles. The molecule has 2 bridgehead atoms. The molecule has 0 amide bonds. The standard InChI is InChI=1S/C18H24ClN3S/c1-2-10-22-16-4-3-5-17(22)12-15(11-16)21-18(23)20-14-8-6-13(19)7-9-14/h2,6-9,15-17H,1,3-5,10-12H2,(H2,20,21,23)/t15?,16-,17+. The summed E-state index contributed by atoms with van der Waals surface area (Å²) in [5.41, 5.74) is 0.969. The maximum absolute atomic E-state index is 5.91. The van der Waals surface area contributed by atoms with Crippen molar-refractivity contribution in [3.63, 3.8) is 0 Å². The second-order valence-corrected chi connectivity index (χ2v) is 7.34. The Morgan fingerprint density at radius 2 is 1.91 bits per heavy atom. The van der Waals surface area contributed by atoms with Gasteiger partial charge in [0.2, 0.25) is 0 Å². The number of piperidine rings is 2. The fourth-order valence-corrected chi connectivity index (χ4v) is 4.34. The van der Waals surface area contributed by atoms with Gasteiger partial charge < -0.3 is 10.6 Å². The molecule has 3 rings (SSSR count). The average Bonchev–Trinajstić information content (AvgIpc) is 2.50. The molecule has 0 aromatic heterocycles. The second-order valence-electron chi connectivity index (χ2n) is 6.50. The van der Waals surface area contributed by atoms with E-state index in [1.165, 1.54) is 19.3 Å². The van der Waals surface area contributed by atoms with Crippen molar-refractivity contribution >= 4 is 34.6 Å². The predicted octanol–water partition coefficient (Wildman–Crippen LogP) is 4.20. The maximum Gasteiger partial charge on any atom is 0.170 e. The number of anilines is 1. The highest BCUT2D eigenvalue weighted by Gasteiger charge is 2.37. The van der Waals surface area contributed by atoms with E-state index in [4.69, 9.17) is 23.8 Å². The van der Waals surface area contributed by atoms with E-state index in [0.717, 1.165) is 30.1 Å². The first kappa shape index (κ1) is 16.7.